The summed E-state index contributed by atoms with van der Waals surface area (Å²) in [5, 5.41) is 0.997. The molecule has 2 nitrogen and oxygen atoms in total. The highest BCUT2D eigenvalue weighted by atomic mass is 32.2. The molecular weight excluding hydrogens is 228 g/mol. The summed E-state index contributed by atoms with van der Waals surface area (Å²) in [7, 11) is 0. The Morgan fingerprint density at radius 3 is 2.65 bits per heavy atom. The molecule has 1 aromatic heterocycles. The molecule has 0 saturated heterocycles. The second kappa shape index (κ2) is 5.34. The van der Waals surface area contributed by atoms with Crippen LogP contribution in [0.25, 0.3) is 0 Å². The van der Waals surface area contributed by atoms with Crippen LogP contribution >= 0.6 is 11.8 Å². The molecule has 17 heavy (non-hydrogen) atoms. The number of hydrogen-bond donors (Lipinski definition) is 1. The van der Waals surface area contributed by atoms with Gasteiger partial charge < -0.3 is 5.73 Å². The summed E-state index contributed by atoms with van der Waals surface area (Å²) in [5.41, 5.74) is 8.31. The van der Waals surface area contributed by atoms with Gasteiger partial charge in [-0.05, 0) is 31.5 Å². The third kappa shape index (κ3) is 2.87. The summed E-state index contributed by atoms with van der Waals surface area (Å²) in [6, 6.07) is 12.3. The third-order valence-corrected chi connectivity index (χ3v) is 3.80. The molecular formula is C14H16N2S. The molecule has 1 heterocycles. The molecule has 0 aliphatic heterocycles. The molecule has 0 spiro atoms. The van der Waals surface area contributed by atoms with Gasteiger partial charge in [0.25, 0.3) is 0 Å². The van der Waals surface area contributed by atoms with Crippen molar-refractivity contribution in [1.29, 1.82) is 0 Å². The van der Waals surface area contributed by atoms with Gasteiger partial charge in [0.1, 0.15) is 5.03 Å². The summed E-state index contributed by atoms with van der Waals surface area (Å²) in [6.07, 6.45) is 1.81. The third-order valence-electron chi connectivity index (χ3n) is 2.59. The highest BCUT2D eigenvalue weighted by Crippen LogP contribution is 2.32. The fourth-order valence-corrected chi connectivity index (χ4v) is 2.68. The first-order valence-electron chi connectivity index (χ1n) is 5.62. The van der Waals surface area contributed by atoms with Crippen LogP contribution in [0.3, 0.4) is 0 Å². The van der Waals surface area contributed by atoms with E-state index in [0.29, 0.717) is 0 Å². The van der Waals surface area contributed by atoms with Gasteiger partial charge >= 0.3 is 0 Å². The second-order valence-electron chi connectivity index (χ2n) is 4.05. The molecule has 2 N–H and O–H groups in total. The fraction of sp³-hybridized carbons (Fsp3) is 0.214. The van der Waals surface area contributed by atoms with E-state index >= 15 is 0 Å². The first kappa shape index (κ1) is 12.1. The van der Waals surface area contributed by atoms with E-state index in [1.54, 1.807) is 11.8 Å². The average molecular weight is 244 g/mol. The van der Waals surface area contributed by atoms with E-state index in [0.717, 1.165) is 10.6 Å². The zero-order valence-electron chi connectivity index (χ0n) is 10.1. The lowest BCUT2D eigenvalue weighted by molar-refractivity contribution is 0.779. The van der Waals surface area contributed by atoms with Crippen LogP contribution < -0.4 is 5.73 Å². The summed E-state index contributed by atoms with van der Waals surface area (Å²) in [6.45, 7) is 4.09. The second-order valence-corrected chi connectivity index (χ2v) is 5.08. The number of nitrogens with two attached hydrogens (primary N) is 1. The van der Waals surface area contributed by atoms with E-state index in [1.807, 2.05) is 37.4 Å². The SMILES string of the molecule is Cc1ccccc1Sc1ncccc1C(C)N. The predicted molar refractivity (Wildman–Crippen MR) is 72.1 cm³/mol. The number of aromatic nitrogens is 1. The number of nitrogens with zero attached hydrogens (tertiary/aromatic N) is 1. The van der Waals surface area contributed by atoms with Crippen molar-refractivity contribution in [1.82, 2.24) is 4.98 Å². The minimum Gasteiger partial charge on any atom is -0.324 e. The molecule has 0 fully saturated rings. The Labute approximate surface area is 106 Å². The molecule has 0 bridgehead atoms. The highest BCUT2D eigenvalue weighted by molar-refractivity contribution is 7.99. The van der Waals surface area contributed by atoms with Gasteiger partial charge in [-0.2, -0.15) is 0 Å². The van der Waals surface area contributed by atoms with Crippen LogP contribution in [0.1, 0.15) is 24.1 Å². The Morgan fingerprint density at radius 1 is 1.18 bits per heavy atom. The molecule has 0 aliphatic rings. The van der Waals surface area contributed by atoms with Crippen LogP contribution in [-0.2, 0) is 0 Å². The lowest BCUT2D eigenvalue weighted by atomic mass is 10.2. The monoisotopic (exact) mass is 244 g/mol. The smallest absolute Gasteiger partial charge is 0.105 e. The Kier molecular flexibility index (Phi) is 3.82. The molecule has 2 rings (SSSR count). The summed E-state index contributed by atoms with van der Waals surface area (Å²) in [5.74, 6) is 0. The van der Waals surface area contributed by atoms with Gasteiger partial charge in [0.05, 0.1) is 0 Å². The first-order valence-corrected chi connectivity index (χ1v) is 6.44. The Hall–Kier alpha value is -1.32. The van der Waals surface area contributed by atoms with Crippen molar-refractivity contribution < 1.29 is 0 Å². The van der Waals surface area contributed by atoms with E-state index < -0.39 is 0 Å². The molecule has 1 aromatic carbocycles. The van der Waals surface area contributed by atoms with Gasteiger partial charge in [-0.3, -0.25) is 0 Å². The summed E-state index contributed by atoms with van der Waals surface area (Å²) < 4.78 is 0. The molecule has 2 aromatic rings. The lowest BCUT2D eigenvalue weighted by Crippen LogP contribution is -2.07. The van der Waals surface area contributed by atoms with Crippen molar-refractivity contribution in [3.63, 3.8) is 0 Å². The molecule has 88 valence electrons. The van der Waals surface area contributed by atoms with Crippen molar-refractivity contribution >= 4 is 11.8 Å². The van der Waals surface area contributed by atoms with Gasteiger partial charge in [0.15, 0.2) is 0 Å². The molecule has 0 aliphatic carbocycles. The lowest BCUT2D eigenvalue weighted by Gasteiger charge is -2.11. The maximum absolute atomic E-state index is 5.95. The Bertz CT molecular complexity index is 509. The van der Waals surface area contributed by atoms with Crippen LogP contribution in [0.4, 0.5) is 0 Å². The molecule has 0 saturated carbocycles. The van der Waals surface area contributed by atoms with E-state index in [4.69, 9.17) is 5.73 Å². The minimum atomic E-state index is 0.00946. The number of hydrogen-bond acceptors (Lipinski definition) is 3. The number of benzene rings is 1. The van der Waals surface area contributed by atoms with Gasteiger partial charge in [-0.15, -0.1) is 0 Å². The van der Waals surface area contributed by atoms with E-state index in [2.05, 4.69) is 24.0 Å². The first-order chi connectivity index (χ1) is 8.18. The van der Waals surface area contributed by atoms with Crippen molar-refractivity contribution in [2.75, 3.05) is 0 Å². The summed E-state index contributed by atoms with van der Waals surface area (Å²) in [4.78, 5) is 5.65. The quantitative estimate of drug-likeness (QED) is 0.897. The highest BCUT2D eigenvalue weighted by Gasteiger charge is 2.09. The summed E-state index contributed by atoms with van der Waals surface area (Å²) >= 11 is 1.68. The van der Waals surface area contributed by atoms with Crippen molar-refractivity contribution in [2.24, 2.45) is 5.73 Å². The number of rotatable bonds is 3. The van der Waals surface area contributed by atoms with Crippen molar-refractivity contribution in [3.05, 3.63) is 53.7 Å². The molecule has 0 radical (unpaired) electrons. The normalized spacial score (nSPS) is 12.4. The predicted octanol–water partition coefficient (Wildman–Crippen LogP) is 3.56. The van der Waals surface area contributed by atoms with E-state index in [9.17, 15) is 0 Å². The van der Waals surface area contributed by atoms with Gasteiger partial charge in [0.2, 0.25) is 0 Å². The van der Waals surface area contributed by atoms with Crippen LogP contribution in [0.5, 0.6) is 0 Å². The van der Waals surface area contributed by atoms with Gasteiger partial charge in [0, 0.05) is 22.7 Å². The minimum absolute atomic E-state index is 0.00946. The van der Waals surface area contributed by atoms with Gasteiger partial charge in [-0.1, -0.05) is 36.0 Å². The average Bonchev–Trinajstić information content (AvgIpc) is 2.32. The van der Waals surface area contributed by atoms with Gasteiger partial charge in [-0.25, -0.2) is 4.98 Å². The van der Waals surface area contributed by atoms with Crippen LogP contribution in [0.15, 0.2) is 52.5 Å². The zero-order valence-corrected chi connectivity index (χ0v) is 10.9. The van der Waals surface area contributed by atoms with Crippen LogP contribution in [0, 0.1) is 6.92 Å². The maximum atomic E-state index is 5.95. The zero-order chi connectivity index (χ0) is 12.3. The topological polar surface area (TPSA) is 38.9 Å². The van der Waals surface area contributed by atoms with Crippen LogP contribution in [-0.4, -0.2) is 4.98 Å². The Balaban J connectivity index is 2.34. The van der Waals surface area contributed by atoms with Crippen molar-refractivity contribution in [3.8, 4) is 0 Å². The van der Waals surface area contributed by atoms with E-state index in [-0.39, 0.29) is 6.04 Å². The Morgan fingerprint density at radius 2 is 1.94 bits per heavy atom. The maximum Gasteiger partial charge on any atom is 0.105 e. The number of aryl methyl sites for hydroxylation is 1. The molecule has 3 heteroatoms. The molecule has 1 atom stereocenters. The fourth-order valence-electron chi connectivity index (χ4n) is 1.61. The van der Waals surface area contributed by atoms with Crippen molar-refractivity contribution in [2.45, 2.75) is 29.8 Å². The van der Waals surface area contributed by atoms with Crippen LogP contribution in [0.2, 0.25) is 0 Å². The number of pyridine rings is 1. The standard InChI is InChI=1S/C14H16N2S/c1-10-6-3-4-8-13(10)17-14-12(11(2)15)7-5-9-16-14/h3-9,11H,15H2,1-2H3. The molecule has 0 amide bonds. The van der Waals surface area contributed by atoms with E-state index in [1.165, 1.54) is 10.5 Å². The largest absolute Gasteiger partial charge is 0.324 e. The molecule has 1 unspecified atom stereocenters.